The molecule has 0 aliphatic heterocycles. The summed E-state index contributed by atoms with van der Waals surface area (Å²) in [6, 6.07) is 2.57. The zero-order chi connectivity index (χ0) is 11.4. The van der Waals surface area contributed by atoms with Gasteiger partial charge in [0.1, 0.15) is 0 Å². The Hall–Kier alpha value is -0.390. The minimum absolute atomic E-state index is 0.168. The highest BCUT2D eigenvalue weighted by molar-refractivity contribution is 9.11. The molecule has 1 aliphatic carbocycles. The van der Waals surface area contributed by atoms with Crippen LogP contribution >= 0.6 is 27.3 Å². The van der Waals surface area contributed by atoms with E-state index in [1.807, 2.05) is 0 Å². The summed E-state index contributed by atoms with van der Waals surface area (Å²) in [7, 11) is 0. The van der Waals surface area contributed by atoms with Crippen molar-refractivity contribution in [3.63, 3.8) is 0 Å². The first kappa shape index (κ1) is 12.1. The Morgan fingerprint density at radius 2 is 2.38 bits per heavy atom. The highest BCUT2D eigenvalue weighted by atomic mass is 79.9. The maximum Gasteiger partial charge on any atom is 0.221 e. The topological polar surface area (TPSA) is 41.1 Å². The lowest BCUT2D eigenvalue weighted by molar-refractivity contribution is -0.121. The number of halogens is 1. The number of carbonyl (C=O) groups excluding carboxylic acids is 1. The summed E-state index contributed by atoms with van der Waals surface area (Å²) in [5, 5.41) is 8.35. The van der Waals surface area contributed by atoms with Crippen molar-refractivity contribution in [2.24, 2.45) is 0 Å². The van der Waals surface area contributed by atoms with E-state index in [0.29, 0.717) is 12.5 Å². The fourth-order valence-electron chi connectivity index (χ4n) is 1.40. The van der Waals surface area contributed by atoms with Crippen LogP contribution in [0.3, 0.4) is 0 Å². The van der Waals surface area contributed by atoms with Crippen molar-refractivity contribution in [3.8, 4) is 0 Å². The molecule has 0 saturated heterocycles. The fraction of sp³-hybridized carbons (Fsp3) is 0.545. The molecule has 16 heavy (non-hydrogen) atoms. The molecule has 0 bridgehead atoms. The van der Waals surface area contributed by atoms with E-state index in [1.54, 1.807) is 11.3 Å². The third-order valence-corrected chi connectivity index (χ3v) is 3.98. The molecule has 3 nitrogen and oxygen atoms in total. The average Bonchev–Trinajstić information content (AvgIpc) is 2.95. The zero-order valence-corrected chi connectivity index (χ0v) is 11.4. The maximum absolute atomic E-state index is 11.4. The molecule has 1 aliphatic rings. The molecule has 88 valence electrons. The summed E-state index contributed by atoms with van der Waals surface area (Å²) in [6.45, 7) is 1.57. The number of nitrogens with one attached hydrogen (secondary N) is 2. The van der Waals surface area contributed by atoms with E-state index in [0.717, 1.165) is 29.7 Å². The molecule has 0 atom stereocenters. The van der Waals surface area contributed by atoms with Crippen LogP contribution in [0, 0.1) is 0 Å². The normalized spacial score (nSPS) is 15.1. The molecule has 1 fully saturated rings. The molecule has 0 spiro atoms. The molecular weight excluding hydrogens is 288 g/mol. The number of thiophene rings is 1. The number of carbonyl (C=O) groups is 1. The van der Waals surface area contributed by atoms with Gasteiger partial charge in [-0.3, -0.25) is 4.79 Å². The van der Waals surface area contributed by atoms with Gasteiger partial charge in [-0.25, -0.2) is 0 Å². The summed E-state index contributed by atoms with van der Waals surface area (Å²) in [6.07, 6.45) is 2.88. The van der Waals surface area contributed by atoms with Crippen molar-refractivity contribution in [2.75, 3.05) is 6.54 Å². The Morgan fingerprint density at radius 1 is 1.56 bits per heavy atom. The molecule has 2 N–H and O–H groups in total. The van der Waals surface area contributed by atoms with Crippen LogP contribution in [0.15, 0.2) is 15.2 Å². The minimum atomic E-state index is 0.168. The van der Waals surface area contributed by atoms with Gasteiger partial charge in [-0.2, -0.15) is 0 Å². The lowest BCUT2D eigenvalue weighted by Crippen LogP contribution is -2.28. The average molecular weight is 303 g/mol. The maximum atomic E-state index is 11.4. The van der Waals surface area contributed by atoms with Crippen LogP contribution in [0.5, 0.6) is 0 Å². The Balaban J connectivity index is 1.55. The highest BCUT2D eigenvalue weighted by Crippen LogP contribution is 2.20. The van der Waals surface area contributed by atoms with Gasteiger partial charge < -0.3 is 10.6 Å². The van der Waals surface area contributed by atoms with E-state index in [9.17, 15) is 4.79 Å². The molecule has 0 radical (unpaired) electrons. The number of hydrogen-bond acceptors (Lipinski definition) is 3. The fourth-order valence-corrected chi connectivity index (χ4v) is 2.61. The quantitative estimate of drug-likeness (QED) is 0.792. The number of amides is 1. The first-order valence-corrected chi connectivity index (χ1v) is 7.14. The Bertz CT molecular complexity index is 363. The Kier molecular flexibility index (Phi) is 4.37. The van der Waals surface area contributed by atoms with Crippen LogP contribution < -0.4 is 10.6 Å². The third kappa shape index (κ3) is 4.23. The SMILES string of the molecule is O=C(CCNCc1csc(Br)c1)NC1CC1. The smallest absolute Gasteiger partial charge is 0.221 e. The van der Waals surface area contributed by atoms with Gasteiger partial charge in [0.15, 0.2) is 0 Å². The van der Waals surface area contributed by atoms with Gasteiger partial charge in [0.25, 0.3) is 0 Å². The summed E-state index contributed by atoms with van der Waals surface area (Å²) < 4.78 is 1.15. The van der Waals surface area contributed by atoms with Gasteiger partial charge in [-0.1, -0.05) is 0 Å². The molecule has 1 saturated carbocycles. The second kappa shape index (κ2) is 5.80. The molecule has 0 unspecified atom stereocenters. The second-order valence-corrected chi connectivity index (χ2v) is 6.32. The molecule has 2 rings (SSSR count). The van der Waals surface area contributed by atoms with Crippen LogP contribution in [0.2, 0.25) is 0 Å². The molecule has 1 heterocycles. The van der Waals surface area contributed by atoms with Crippen LogP contribution in [0.25, 0.3) is 0 Å². The largest absolute Gasteiger partial charge is 0.353 e. The minimum Gasteiger partial charge on any atom is -0.353 e. The Morgan fingerprint density at radius 3 is 3.00 bits per heavy atom. The highest BCUT2D eigenvalue weighted by Gasteiger charge is 2.22. The molecule has 1 aromatic heterocycles. The first-order chi connectivity index (χ1) is 7.74. The van der Waals surface area contributed by atoms with Gasteiger partial charge in [0, 0.05) is 25.6 Å². The van der Waals surface area contributed by atoms with E-state index in [2.05, 4.69) is 38.0 Å². The van der Waals surface area contributed by atoms with Crippen LogP contribution in [0.1, 0.15) is 24.8 Å². The zero-order valence-electron chi connectivity index (χ0n) is 8.96. The lowest BCUT2D eigenvalue weighted by Gasteiger charge is -2.04. The van der Waals surface area contributed by atoms with E-state index in [-0.39, 0.29) is 5.91 Å². The van der Waals surface area contributed by atoms with E-state index < -0.39 is 0 Å². The molecule has 1 aromatic rings. The summed E-state index contributed by atoms with van der Waals surface area (Å²) in [5.41, 5.74) is 1.26. The Labute approximate surface area is 108 Å². The van der Waals surface area contributed by atoms with Crippen LogP contribution in [-0.2, 0) is 11.3 Å². The number of hydrogen-bond donors (Lipinski definition) is 2. The van der Waals surface area contributed by atoms with Gasteiger partial charge >= 0.3 is 0 Å². The molecule has 5 heteroatoms. The van der Waals surface area contributed by atoms with E-state index in [4.69, 9.17) is 0 Å². The van der Waals surface area contributed by atoms with Crippen molar-refractivity contribution in [2.45, 2.75) is 31.8 Å². The van der Waals surface area contributed by atoms with Crippen molar-refractivity contribution in [1.82, 2.24) is 10.6 Å². The first-order valence-electron chi connectivity index (χ1n) is 5.47. The van der Waals surface area contributed by atoms with Gasteiger partial charge in [0.05, 0.1) is 3.79 Å². The summed E-state index contributed by atoms with van der Waals surface area (Å²) in [5.74, 6) is 0.168. The van der Waals surface area contributed by atoms with Crippen LogP contribution in [-0.4, -0.2) is 18.5 Å². The summed E-state index contributed by atoms with van der Waals surface area (Å²) >= 11 is 5.11. The third-order valence-electron chi connectivity index (χ3n) is 2.42. The van der Waals surface area contributed by atoms with Crippen molar-refractivity contribution in [3.05, 3.63) is 20.8 Å². The van der Waals surface area contributed by atoms with Crippen LogP contribution in [0.4, 0.5) is 0 Å². The predicted molar refractivity (Wildman–Crippen MR) is 69.5 cm³/mol. The monoisotopic (exact) mass is 302 g/mol. The van der Waals surface area contributed by atoms with Gasteiger partial charge in [-0.05, 0) is 45.8 Å². The number of rotatable bonds is 6. The van der Waals surface area contributed by atoms with E-state index in [1.165, 1.54) is 5.56 Å². The van der Waals surface area contributed by atoms with Gasteiger partial charge in [0.2, 0.25) is 5.91 Å². The molecule has 0 aromatic carbocycles. The molecule has 1 amide bonds. The lowest BCUT2D eigenvalue weighted by atomic mass is 10.3. The van der Waals surface area contributed by atoms with E-state index >= 15 is 0 Å². The van der Waals surface area contributed by atoms with Gasteiger partial charge in [-0.15, -0.1) is 11.3 Å². The predicted octanol–water partition coefficient (Wildman–Crippen LogP) is 2.27. The summed E-state index contributed by atoms with van der Waals surface area (Å²) in [4.78, 5) is 11.4. The van der Waals surface area contributed by atoms with Crippen molar-refractivity contribution < 1.29 is 4.79 Å². The van der Waals surface area contributed by atoms with Crippen molar-refractivity contribution in [1.29, 1.82) is 0 Å². The molecular formula is C11H15BrN2OS. The van der Waals surface area contributed by atoms with Crippen molar-refractivity contribution >= 4 is 33.2 Å². The second-order valence-electron chi connectivity index (χ2n) is 4.03. The standard InChI is InChI=1S/C11H15BrN2OS/c12-10-5-8(7-16-10)6-13-4-3-11(15)14-9-1-2-9/h5,7,9,13H,1-4,6H2,(H,14,15).